The van der Waals surface area contributed by atoms with Crippen LogP contribution in [0.2, 0.25) is 0 Å². The molecule has 0 spiro atoms. The largest absolute Gasteiger partial charge is 0.378 e. The molecular weight excluding hydrogens is 324 g/mol. The maximum absolute atomic E-state index is 5.43. The number of hydrogen-bond donors (Lipinski definition) is 0. The zero-order valence-electron chi connectivity index (χ0n) is 15.2. The van der Waals surface area contributed by atoms with Gasteiger partial charge in [-0.2, -0.15) is 0 Å². The van der Waals surface area contributed by atoms with Crippen molar-refractivity contribution >= 4 is 16.9 Å². The lowest BCUT2D eigenvalue weighted by atomic mass is 9.99. The molecule has 2 aromatic carbocycles. The van der Waals surface area contributed by atoms with Crippen molar-refractivity contribution < 1.29 is 9.47 Å². The molecule has 0 atom stereocenters. The molecule has 0 saturated carbocycles. The third-order valence-electron chi connectivity index (χ3n) is 5.18. The average molecular weight is 350 g/mol. The minimum absolute atomic E-state index is 0.809. The number of rotatable bonds is 4. The van der Waals surface area contributed by atoms with Crippen LogP contribution in [0.4, 0.5) is 11.4 Å². The lowest BCUT2D eigenvalue weighted by molar-refractivity contribution is 0.122. The normalized spacial score (nSPS) is 18.0. The number of hydrogen-bond acceptors (Lipinski definition) is 4. The van der Waals surface area contributed by atoms with Gasteiger partial charge in [0, 0.05) is 37.6 Å². The van der Waals surface area contributed by atoms with Gasteiger partial charge in [-0.1, -0.05) is 30.8 Å². The second-order valence-corrected chi connectivity index (χ2v) is 6.77. The molecule has 0 bridgehead atoms. The first kappa shape index (κ1) is 17.1. The van der Waals surface area contributed by atoms with Crippen LogP contribution in [0.3, 0.4) is 0 Å². The Hall–Kier alpha value is -2.30. The summed E-state index contributed by atoms with van der Waals surface area (Å²) in [5.41, 5.74) is 5.91. The Kier molecular flexibility index (Phi) is 5.23. The fourth-order valence-electron chi connectivity index (χ4n) is 3.56. The number of anilines is 2. The lowest BCUT2D eigenvalue weighted by Crippen LogP contribution is -2.36. The summed E-state index contributed by atoms with van der Waals surface area (Å²) in [5, 5.41) is 0. The van der Waals surface area contributed by atoms with Crippen LogP contribution < -0.4 is 9.80 Å². The van der Waals surface area contributed by atoms with E-state index >= 15 is 0 Å². The van der Waals surface area contributed by atoms with Crippen LogP contribution >= 0.6 is 0 Å². The molecule has 0 N–H and O–H groups in total. The van der Waals surface area contributed by atoms with Gasteiger partial charge in [0.1, 0.15) is 0 Å². The van der Waals surface area contributed by atoms with Crippen LogP contribution in [0.15, 0.2) is 55.1 Å². The van der Waals surface area contributed by atoms with Crippen molar-refractivity contribution in [3.8, 4) is 0 Å². The monoisotopic (exact) mass is 350 g/mol. The summed E-state index contributed by atoms with van der Waals surface area (Å²) in [6.45, 7) is 11.4. The van der Waals surface area contributed by atoms with Gasteiger partial charge in [0.15, 0.2) is 0 Å². The van der Waals surface area contributed by atoms with Crippen LogP contribution in [0.5, 0.6) is 0 Å². The molecule has 0 radical (unpaired) electrons. The minimum atomic E-state index is 0.809. The standard InChI is InChI=1S/C22H26N2O2/c1-18(19-2-6-21(7-3-19)23-10-14-25-15-11-23)20-4-8-22(9-5-20)24-12-16-26-17-13-24/h2-9H,1,10-17H2. The molecule has 4 heteroatoms. The Labute approximate surface area is 155 Å². The van der Waals surface area contributed by atoms with Crippen LogP contribution in [0.25, 0.3) is 5.57 Å². The van der Waals surface area contributed by atoms with E-state index in [0.29, 0.717) is 0 Å². The van der Waals surface area contributed by atoms with E-state index in [0.717, 1.165) is 58.2 Å². The van der Waals surface area contributed by atoms with E-state index in [4.69, 9.17) is 9.47 Å². The zero-order valence-corrected chi connectivity index (χ0v) is 15.2. The average Bonchev–Trinajstić information content (AvgIpc) is 2.75. The summed E-state index contributed by atoms with van der Waals surface area (Å²) in [6, 6.07) is 17.4. The number of morpholine rings is 2. The molecule has 2 aliphatic rings. The maximum atomic E-state index is 5.43. The van der Waals surface area contributed by atoms with E-state index < -0.39 is 0 Å². The SMILES string of the molecule is C=C(c1ccc(N2CCOCC2)cc1)c1ccc(N2CCOCC2)cc1. The molecular formula is C22H26N2O2. The molecule has 26 heavy (non-hydrogen) atoms. The van der Waals surface area contributed by atoms with Crippen molar-refractivity contribution in [2.75, 3.05) is 62.4 Å². The van der Waals surface area contributed by atoms with E-state index in [1.165, 1.54) is 22.5 Å². The summed E-state index contributed by atoms with van der Waals surface area (Å²) in [4.78, 5) is 4.74. The predicted molar refractivity (Wildman–Crippen MR) is 107 cm³/mol. The van der Waals surface area contributed by atoms with Crippen LogP contribution in [-0.4, -0.2) is 52.6 Å². The highest BCUT2D eigenvalue weighted by atomic mass is 16.5. The topological polar surface area (TPSA) is 24.9 Å². The van der Waals surface area contributed by atoms with E-state index in [1.807, 2.05) is 0 Å². The molecule has 136 valence electrons. The van der Waals surface area contributed by atoms with Crippen molar-refractivity contribution in [3.63, 3.8) is 0 Å². The van der Waals surface area contributed by atoms with Gasteiger partial charge < -0.3 is 19.3 Å². The van der Waals surface area contributed by atoms with E-state index in [2.05, 4.69) is 64.9 Å². The molecule has 0 aliphatic carbocycles. The van der Waals surface area contributed by atoms with Gasteiger partial charge in [0.05, 0.1) is 26.4 Å². The molecule has 2 heterocycles. The lowest BCUT2D eigenvalue weighted by Gasteiger charge is -2.29. The summed E-state index contributed by atoms with van der Waals surface area (Å²) >= 11 is 0. The highest BCUT2D eigenvalue weighted by molar-refractivity contribution is 5.79. The van der Waals surface area contributed by atoms with Gasteiger partial charge in [-0.15, -0.1) is 0 Å². The van der Waals surface area contributed by atoms with Crippen molar-refractivity contribution in [1.29, 1.82) is 0 Å². The van der Waals surface area contributed by atoms with Crippen molar-refractivity contribution in [2.45, 2.75) is 0 Å². The Balaban J connectivity index is 1.44. The highest BCUT2D eigenvalue weighted by Crippen LogP contribution is 2.26. The third kappa shape index (κ3) is 3.76. The zero-order chi connectivity index (χ0) is 17.8. The van der Waals surface area contributed by atoms with Crippen LogP contribution in [0.1, 0.15) is 11.1 Å². The molecule has 2 saturated heterocycles. The second kappa shape index (κ2) is 7.94. The summed E-state index contributed by atoms with van der Waals surface area (Å²) < 4.78 is 10.9. The van der Waals surface area contributed by atoms with Crippen molar-refractivity contribution in [3.05, 3.63) is 66.2 Å². The number of benzene rings is 2. The quantitative estimate of drug-likeness (QED) is 0.844. The predicted octanol–water partition coefficient (Wildman–Crippen LogP) is 3.42. The summed E-state index contributed by atoms with van der Waals surface area (Å²) in [6.07, 6.45) is 0. The van der Waals surface area contributed by atoms with Gasteiger partial charge in [-0.3, -0.25) is 0 Å². The van der Waals surface area contributed by atoms with E-state index in [9.17, 15) is 0 Å². The van der Waals surface area contributed by atoms with Crippen molar-refractivity contribution in [2.24, 2.45) is 0 Å². The second-order valence-electron chi connectivity index (χ2n) is 6.77. The van der Waals surface area contributed by atoms with Crippen LogP contribution in [-0.2, 0) is 9.47 Å². The smallest absolute Gasteiger partial charge is 0.0642 e. The Bertz CT molecular complexity index is 664. The van der Waals surface area contributed by atoms with E-state index in [-0.39, 0.29) is 0 Å². The first-order chi connectivity index (χ1) is 12.8. The highest BCUT2D eigenvalue weighted by Gasteiger charge is 2.13. The summed E-state index contributed by atoms with van der Waals surface area (Å²) in [7, 11) is 0. The fraction of sp³-hybridized carbons (Fsp3) is 0.364. The first-order valence-corrected chi connectivity index (χ1v) is 9.36. The Morgan fingerprint density at radius 2 is 0.962 bits per heavy atom. The maximum Gasteiger partial charge on any atom is 0.0642 e. The molecule has 4 nitrogen and oxygen atoms in total. The fourth-order valence-corrected chi connectivity index (χ4v) is 3.56. The molecule has 0 amide bonds. The Morgan fingerprint density at radius 1 is 0.615 bits per heavy atom. The Morgan fingerprint density at radius 3 is 1.31 bits per heavy atom. The van der Waals surface area contributed by atoms with E-state index in [1.54, 1.807) is 0 Å². The molecule has 0 aromatic heterocycles. The molecule has 0 unspecified atom stereocenters. The number of nitrogens with zero attached hydrogens (tertiary/aromatic N) is 2. The third-order valence-corrected chi connectivity index (χ3v) is 5.18. The molecule has 4 rings (SSSR count). The van der Waals surface area contributed by atoms with Crippen LogP contribution in [0, 0.1) is 0 Å². The minimum Gasteiger partial charge on any atom is -0.378 e. The summed E-state index contributed by atoms with van der Waals surface area (Å²) in [5.74, 6) is 0. The molecule has 2 aromatic rings. The van der Waals surface area contributed by atoms with Gasteiger partial charge in [-0.25, -0.2) is 0 Å². The van der Waals surface area contributed by atoms with Gasteiger partial charge in [-0.05, 0) is 41.0 Å². The van der Waals surface area contributed by atoms with Gasteiger partial charge >= 0.3 is 0 Å². The molecule has 2 fully saturated rings. The van der Waals surface area contributed by atoms with Gasteiger partial charge in [0.25, 0.3) is 0 Å². The molecule has 2 aliphatic heterocycles. The first-order valence-electron chi connectivity index (χ1n) is 9.36. The number of ether oxygens (including phenoxy) is 2. The van der Waals surface area contributed by atoms with Gasteiger partial charge in [0.2, 0.25) is 0 Å². The van der Waals surface area contributed by atoms with Crippen molar-refractivity contribution in [1.82, 2.24) is 0 Å².